The Bertz CT molecular complexity index is 771. The average Bonchev–Trinajstić information content (AvgIpc) is 3.23. The second-order valence-corrected chi connectivity index (χ2v) is 9.52. The number of amides is 1. The van der Waals surface area contributed by atoms with Gasteiger partial charge in [-0.1, -0.05) is 0 Å². The highest BCUT2D eigenvalue weighted by atomic mass is 32.2. The van der Waals surface area contributed by atoms with Gasteiger partial charge in [-0.2, -0.15) is 4.31 Å². The maximum absolute atomic E-state index is 13.1. The molecule has 3 aliphatic rings. The van der Waals surface area contributed by atoms with E-state index >= 15 is 0 Å². The van der Waals surface area contributed by atoms with Crippen LogP contribution in [0.15, 0.2) is 29.2 Å². The Hall–Kier alpha value is -1.51. The first-order valence-corrected chi connectivity index (χ1v) is 10.6. The topological polar surface area (TPSA) is 69.7 Å². The quantitative estimate of drug-likeness (QED) is 0.845. The predicted molar refractivity (Wildman–Crippen MR) is 94.3 cm³/mol. The molecule has 3 saturated heterocycles. The van der Waals surface area contributed by atoms with Crippen LogP contribution in [0.1, 0.15) is 12.8 Å². The number of carbonyl (C=O) groups is 1. The van der Waals surface area contributed by atoms with Crippen molar-refractivity contribution in [1.82, 2.24) is 14.5 Å². The second kappa shape index (κ2) is 6.90. The number of rotatable bonds is 3. The van der Waals surface area contributed by atoms with Crippen LogP contribution in [-0.4, -0.2) is 62.8 Å². The maximum Gasteiger partial charge on any atom is 0.243 e. The van der Waals surface area contributed by atoms with Crippen molar-refractivity contribution >= 4 is 15.9 Å². The summed E-state index contributed by atoms with van der Waals surface area (Å²) in [4.78, 5) is 14.9. The van der Waals surface area contributed by atoms with Crippen molar-refractivity contribution < 1.29 is 17.6 Å². The SMILES string of the molecule is O=C(C1CCCN(S(=O)(=O)c2ccc(F)cc2)C1)N1C[C@H]2CNC[C@H]2C1. The van der Waals surface area contributed by atoms with Crippen molar-refractivity contribution in [3.05, 3.63) is 30.1 Å². The van der Waals surface area contributed by atoms with Crippen molar-refractivity contribution in [2.24, 2.45) is 17.8 Å². The molecule has 1 aromatic rings. The number of halogens is 1. The molecule has 3 fully saturated rings. The highest BCUT2D eigenvalue weighted by molar-refractivity contribution is 7.89. The summed E-state index contributed by atoms with van der Waals surface area (Å²) < 4.78 is 40.1. The van der Waals surface area contributed by atoms with E-state index in [2.05, 4.69) is 5.32 Å². The first-order valence-electron chi connectivity index (χ1n) is 9.20. The summed E-state index contributed by atoms with van der Waals surface area (Å²) >= 11 is 0. The standard InChI is InChI=1S/C18H24FN3O3S/c19-16-3-5-17(6-4-16)26(24,25)22-7-1-2-13(12-22)18(23)21-10-14-8-20-9-15(14)11-21/h3-6,13-15,20H,1-2,7-12H2/t13?,14-,15+. The summed E-state index contributed by atoms with van der Waals surface area (Å²) in [6.07, 6.45) is 1.39. The Morgan fingerprint density at radius 2 is 1.73 bits per heavy atom. The van der Waals surface area contributed by atoms with Gasteiger partial charge in [-0.05, 0) is 48.9 Å². The third-order valence-corrected chi connectivity index (χ3v) is 7.77. The van der Waals surface area contributed by atoms with Crippen LogP contribution in [0.3, 0.4) is 0 Å². The molecule has 8 heteroatoms. The molecule has 1 aromatic carbocycles. The van der Waals surface area contributed by atoms with Crippen molar-refractivity contribution in [3.8, 4) is 0 Å². The summed E-state index contributed by atoms with van der Waals surface area (Å²) in [6, 6.07) is 4.86. The van der Waals surface area contributed by atoms with E-state index in [-0.39, 0.29) is 23.3 Å². The number of nitrogens with zero attached hydrogens (tertiary/aromatic N) is 2. The molecule has 3 aliphatic heterocycles. The lowest BCUT2D eigenvalue weighted by molar-refractivity contribution is -0.135. The number of likely N-dealkylation sites (tertiary alicyclic amines) is 1. The minimum Gasteiger partial charge on any atom is -0.342 e. The van der Waals surface area contributed by atoms with Gasteiger partial charge < -0.3 is 10.2 Å². The number of hydrogen-bond acceptors (Lipinski definition) is 4. The second-order valence-electron chi connectivity index (χ2n) is 7.58. The molecule has 1 amide bonds. The van der Waals surface area contributed by atoms with Crippen molar-refractivity contribution in [1.29, 1.82) is 0 Å². The van der Waals surface area contributed by atoms with Crippen molar-refractivity contribution in [2.45, 2.75) is 17.7 Å². The molecule has 0 radical (unpaired) electrons. The Kier molecular flexibility index (Phi) is 4.75. The van der Waals surface area contributed by atoms with E-state index in [1.54, 1.807) is 0 Å². The highest BCUT2D eigenvalue weighted by Gasteiger charge is 2.41. The predicted octanol–water partition coefficient (Wildman–Crippen LogP) is 0.904. The molecule has 0 saturated carbocycles. The van der Waals surface area contributed by atoms with Gasteiger partial charge in [-0.3, -0.25) is 4.79 Å². The van der Waals surface area contributed by atoms with E-state index in [0.29, 0.717) is 24.8 Å². The van der Waals surface area contributed by atoms with E-state index in [9.17, 15) is 17.6 Å². The van der Waals surface area contributed by atoms with Gasteiger partial charge in [0.05, 0.1) is 10.8 Å². The van der Waals surface area contributed by atoms with Crippen LogP contribution in [0.2, 0.25) is 0 Å². The maximum atomic E-state index is 13.1. The first-order chi connectivity index (χ1) is 12.4. The van der Waals surface area contributed by atoms with Crippen LogP contribution in [0.5, 0.6) is 0 Å². The van der Waals surface area contributed by atoms with Gasteiger partial charge in [0.25, 0.3) is 0 Å². The first kappa shape index (κ1) is 17.9. The molecule has 1 N–H and O–H groups in total. The number of hydrogen-bond donors (Lipinski definition) is 1. The van der Waals surface area contributed by atoms with Gasteiger partial charge in [0.2, 0.25) is 15.9 Å². The molecule has 1 unspecified atom stereocenters. The van der Waals surface area contributed by atoms with Gasteiger partial charge in [0, 0.05) is 39.3 Å². The zero-order valence-corrected chi connectivity index (χ0v) is 15.4. The van der Waals surface area contributed by atoms with Crippen LogP contribution in [-0.2, 0) is 14.8 Å². The lowest BCUT2D eigenvalue weighted by atomic mass is 9.98. The summed E-state index contributed by atoms with van der Waals surface area (Å²) in [7, 11) is -3.70. The van der Waals surface area contributed by atoms with Gasteiger partial charge >= 0.3 is 0 Å². The lowest BCUT2D eigenvalue weighted by Gasteiger charge is -2.33. The van der Waals surface area contributed by atoms with Crippen molar-refractivity contribution in [3.63, 3.8) is 0 Å². The summed E-state index contributed by atoms with van der Waals surface area (Å²) in [5, 5.41) is 3.36. The molecule has 142 valence electrons. The van der Waals surface area contributed by atoms with E-state index in [1.165, 1.54) is 16.4 Å². The lowest BCUT2D eigenvalue weighted by Crippen LogP contribution is -2.46. The highest BCUT2D eigenvalue weighted by Crippen LogP contribution is 2.30. The molecule has 0 bridgehead atoms. The Balaban J connectivity index is 1.45. The minimum atomic E-state index is -3.70. The fraction of sp³-hybridized carbons (Fsp3) is 0.611. The number of piperidine rings is 1. The smallest absolute Gasteiger partial charge is 0.243 e. The van der Waals surface area contributed by atoms with Crippen molar-refractivity contribution in [2.75, 3.05) is 39.3 Å². The zero-order chi connectivity index (χ0) is 18.3. The van der Waals surface area contributed by atoms with Gasteiger partial charge in [-0.15, -0.1) is 0 Å². The fourth-order valence-corrected chi connectivity index (χ4v) is 5.94. The van der Waals surface area contributed by atoms with Gasteiger partial charge in [-0.25, -0.2) is 12.8 Å². The number of benzene rings is 1. The third kappa shape index (κ3) is 3.25. The van der Waals surface area contributed by atoms with Gasteiger partial charge in [0.15, 0.2) is 0 Å². The molecule has 3 heterocycles. The third-order valence-electron chi connectivity index (χ3n) is 5.89. The molecule has 0 aromatic heterocycles. The number of nitrogens with one attached hydrogen (secondary N) is 1. The molecule has 0 spiro atoms. The fourth-order valence-electron chi connectivity index (χ4n) is 4.41. The van der Waals surface area contributed by atoms with E-state index in [1.807, 2.05) is 4.90 Å². The van der Waals surface area contributed by atoms with Crippen LogP contribution in [0.25, 0.3) is 0 Å². The number of sulfonamides is 1. The Morgan fingerprint density at radius 3 is 2.38 bits per heavy atom. The molecule has 4 rings (SSSR count). The summed E-state index contributed by atoms with van der Waals surface area (Å²) in [5.41, 5.74) is 0. The van der Waals surface area contributed by atoms with Crippen LogP contribution in [0.4, 0.5) is 4.39 Å². The molecule has 26 heavy (non-hydrogen) atoms. The van der Waals surface area contributed by atoms with Gasteiger partial charge in [0.1, 0.15) is 5.82 Å². The molecule has 6 nitrogen and oxygen atoms in total. The zero-order valence-electron chi connectivity index (χ0n) is 14.6. The van der Waals surface area contributed by atoms with Crippen LogP contribution >= 0.6 is 0 Å². The Morgan fingerprint density at radius 1 is 1.08 bits per heavy atom. The minimum absolute atomic E-state index is 0.0776. The summed E-state index contributed by atoms with van der Waals surface area (Å²) in [5.74, 6) is 0.386. The van der Waals surface area contributed by atoms with E-state index < -0.39 is 15.8 Å². The Labute approximate surface area is 153 Å². The van der Waals surface area contributed by atoms with E-state index in [0.717, 1.165) is 44.7 Å². The number of carbonyl (C=O) groups excluding carboxylic acids is 1. The molecular weight excluding hydrogens is 357 g/mol. The monoisotopic (exact) mass is 381 g/mol. The molecular formula is C18H24FN3O3S. The molecule has 3 atom stereocenters. The normalized spacial score (nSPS) is 29.7. The average molecular weight is 381 g/mol. The van der Waals surface area contributed by atoms with E-state index in [4.69, 9.17) is 0 Å². The number of fused-ring (bicyclic) bond motifs is 1. The van der Waals surface area contributed by atoms with Crippen LogP contribution < -0.4 is 5.32 Å². The molecule has 0 aliphatic carbocycles. The largest absolute Gasteiger partial charge is 0.342 e. The summed E-state index contributed by atoms with van der Waals surface area (Å²) in [6.45, 7) is 4.09. The van der Waals surface area contributed by atoms with Crippen LogP contribution in [0, 0.1) is 23.6 Å².